The summed E-state index contributed by atoms with van der Waals surface area (Å²) in [6.45, 7) is 0.586. The van der Waals surface area contributed by atoms with Gasteiger partial charge in [-0.2, -0.15) is 0 Å². The molecule has 0 bridgehead atoms. The van der Waals surface area contributed by atoms with E-state index in [1.54, 1.807) is 14.2 Å². The first-order chi connectivity index (χ1) is 14.5. The third kappa shape index (κ3) is 5.99. The number of methoxy groups -OCH3 is 2. The molecule has 2 amide bonds. The molecule has 1 atom stereocenters. The lowest BCUT2D eigenvalue weighted by atomic mass is 9.85. The van der Waals surface area contributed by atoms with Crippen LogP contribution in [0, 0.1) is 0 Å². The third-order valence-electron chi connectivity index (χ3n) is 5.66. The largest absolute Gasteiger partial charge is 0.497 e. The van der Waals surface area contributed by atoms with Gasteiger partial charge in [0.2, 0.25) is 11.8 Å². The van der Waals surface area contributed by atoms with Crippen LogP contribution in [-0.2, 0) is 22.4 Å². The summed E-state index contributed by atoms with van der Waals surface area (Å²) in [7, 11) is 3.28. The van der Waals surface area contributed by atoms with E-state index in [0.29, 0.717) is 32.2 Å². The van der Waals surface area contributed by atoms with E-state index >= 15 is 0 Å². The van der Waals surface area contributed by atoms with Gasteiger partial charge in [0.1, 0.15) is 11.5 Å². The average molecular weight is 411 g/mol. The van der Waals surface area contributed by atoms with Gasteiger partial charge in [-0.3, -0.25) is 9.59 Å². The fourth-order valence-electron chi connectivity index (χ4n) is 3.90. The number of benzene rings is 2. The minimum absolute atomic E-state index is 0.0127. The predicted molar refractivity (Wildman–Crippen MR) is 116 cm³/mol. The highest BCUT2D eigenvalue weighted by Crippen LogP contribution is 2.30. The highest BCUT2D eigenvalue weighted by atomic mass is 16.5. The zero-order chi connectivity index (χ0) is 21.4. The van der Waals surface area contributed by atoms with Crippen molar-refractivity contribution in [3.05, 3.63) is 59.7 Å². The van der Waals surface area contributed by atoms with Crippen molar-refractivity contribution in [2.45, 2.75) is 44.1 Å². The van der Waals surface area contributed by atoms with Gasteiger partial charge < -0.3 is 20.1 Å². The molecule has 0 aromatic heterocycles. The Morgan fingerprint density at radius 3 is 2.13 bits per heavy atom. The Morgan fingerprint density at radius 2 is 1.60 bits per heavy atom. The standard InChI is InChI=1S/C24H30N2O4/c1-29-20-7-3-18(4-8-20)13-16-25-22(27)11-14-24(15-12-23(28)26-24)17-19-5-9-21(30-2)10-6-19/h3-10H,11-17H2,1-2H3,(H,25,27)(H,26,28)/t24-/m0/s1. The van der Waals surface area contributed by atoms with Crippen molar-refractivity contribution < 1.29 is 19.1 Å². The molecule has 2 aromatic carbocycles. The molecule has 1 aliphatic rings. The van der Waals surface area contributed by atoms with Gasteiger partial charge in [-0.1, -0.05) is 24.3 Å². The van der Waals surface area contributed by atoms with Gasteiger partial charge in [0.15, 0.2) is 0 Å². The number of hydrogen-bond acceptors (Lipinski definition) is 4. The second-order valence-corrected chi connectivity index (χ2v) is 7.80. The SMILES string of the molecule is COc1ccc(CCNC(=O)CC[C@@]2(Cc3ccc(OC)cc3)CCC(=O)N2)cc1. The number of hydrogen-bond donors (Lipinski definition) is 2. The first-order valence-corrected chi connectivity index (χ1v) is 10.4. The topological polar surface area (TPSA) is 76.7 Å². The molecule has 6 heteroatoms. The van der Waals surface area contributed by atoms with E-state index in [-0.39, 0.29) is 17.4 Å². The van der Waals surface area contributed by atoms with Crippen molar-refractivity contribution in [1.29, 1.82) is 0 Å². The van der Waals surface area contributed by atoms with E-state index in [1.807, 2.05) is 48.5 Å². The highest BCUT2D eigenvalue weighted by Gasteiger charge is 2.37. The van der Waals surface area contributed by atoms with E-state index in [2.05, 4.69) is 10.6 Å². The Morgan fingerprint density at radius 1 is 1.00 bits per heavy atom. The van der Waals surface area contributed by atoms with Crippen molar-refractivity contribution in [1.82, 2.24) is 10.6 Å². The lowest BCUT2D eigenvalue weighted by Crippen LogP contribution is -2.44. The molecule has 3 rings (SSSR count). The van der Waals surface area contributed by atoms with E-state index < -0.39 is 0 Å². The summed E-state index contributed by atoms with van der Waals surface area (Å²) in [6, 6.07) is 15.7. The summed E-state index contributed by atoms with van der Waals surface area (Å²) in [4.78, 5) is 24.3. The van der Waals surface area contributed by atoms with Crippen LogP contribution in [0.15, 0.2) is 48.5 Å². The number of carbonyl (C=O) groups excluding carboxylic acids is 2. The van der Waals surface area contributed by atoms with E-state index in [9.17, 15) is 9.59 Å². The normalized spacial score (nSPS) is 18.0. The Kier molecular flexibility index (Phi) is 7.33. The van der Waals surface area contributed by atoms with Crippen LogP contribution in [0.5, 0.6) is 11.5 Å². The van der Waals surface area contributed by atoms with Crippen LogP contribution in [0.2, 0.25) is 0 Å². The summed E-state index contributed by atoms with van der Waals surface area (Å²) < 4.78 is 10.4. The molecule has 0 unspecified atom stereocenters. The molecular formula is C24H30N2O4. The molecule has 1 aliphatic heterocycles. The second kappa shape index (κ2) is 10.1. The summed E-state index contributed by atoms with van der Waals surface area (Å²) in [5.74, 6) is 1.70. The number of nitrogens with one attached hydrogen (secondary N) is 2. The molecule has 160 valence electrons. The molecule has 2 aromatic rings. The first-order valence-electron chi connectivity index (χ1n) is 10.4. The number of ether oxygens (including phenoxy) is 2. The maximum absolute atomic E-state index is 12.4. The summed E-state index contributed by atoms with van der Waals surface area (Å²) in [5.41, 5.74) is 1.91. The predicted octanol–water partition coefficient (Wildman–Crippen LogP) is 3.03. The van der Waals surface area contributed by atoms with Gasteiger partial charge in [0.05, 0.1) is 14.2 Å². The molecule has 6 nitrogen and oxygen atoms in total. The first kappa shape index (κ1) is 21.7. The van der Waals surface area contributed by atoms with E-state index in [4.69, 9.17) is 9.47 Å². The van der Waals surface area contributed by atoms with Crippen molar-refractivity contribution >= 4 is 11.8 Å². The molecular weight excluding hydrogens is 380 g/mol. The van der Waals surface area contributed by atoms with Crippen LogP contribution >= 0.6 is 0 Å². The minimum atomic E-state index is -0.362. The Balaban J connectivity index is 1.49. The van der Waals surface area contributed by atoms with Crippen LogP contribution < -0.4 is 20.1 Å². The quantitative estimate of drug-likeness (QED) is 0.631. The van der Waals surface area contributed by atoms with Crippen molar-refractivity contribution in [2.24, 2.45) is 0 Å². The molecule has 0 saturated carbocycles. The zero-order valence-corrected chi connectivity index (χ0v) is 17.7. The third-order valence-corrected chi connectivity index (χ3v) is 5.66. The fourth-order valence-corrected chi connectivity index (χ4v) is 3.90. The molecule has 0 spiro atoms. The van der Waals surface area contributed by atoms with Crippen LogP contribution in [0.3, 0.4) is 0 Å². The molecule has 0 radical (unpaired) electrons. The van der Waals surface area contributed by atoms with Crippen LogP contribution in [0.1, 0.15) is 36.8 Å². The lowest BCUT2D eigenvalue weighted by Gasteiger charge is -2.29. The number of amides is 2. The molecule has 1 saturated heterocycles. The van der Waals surface area contributed by atoms with Crippen LogP contribution in [0.25, 0.3) is 0 Å². The van der Waals surface area contributed by atoms with Crippen molar-refractivity contribution in [3.63, 3.8) is 0 Å². The van der Waals surface area contributed by atoms with Gasteiger partial charge in [-0.15, -0.1) is 0 Å². The summed E-state index contributed by atoms with van der Waals surface area (Å²) >= 11 is 0. The van der Waals surface area contributed by atoms with Gasteiger partial charge in [-0.25, -0.2) is 0 Å². The van der Waals surface area contributed by atoms with E-state index in [1.165, 1.54) is 0 Å². The molecule has 1 fully saturated rings. The molecule has 1 heterocycles. The zero-order valence-electron chi connectivity index (χ0n) is 17.7. The Labute approximate surface area is 178 Å². The number of carbonyl (C=O) groups is 2. The van der Waals surface area contributed by atoms with Gasteiger partial charge in [-0.05, 0) is 61.1 Å². The van der Waals surface area contributed by atoms with Crippen molar-refractivity contribution in [2.75, 3.05) is 20.8 Å². The summed E-state index contributed by atoms with van der Waals surface area (Å²) in [6.07, 6.45) is 3.75. The van der Waals surface area contributed by atoms with Crippen LogP contribution in [-0.4, -0.2) is 38.1 Å². The highest BCUT2D eigenvalue weighted by molar-refractivity contribution is 5.80. The summed E-state index contributed by atoms with van der Waals surface area (Å²) in [5, 5.41) is 6.12. The molecule has 30 heavy (non-hydrogen) atoms. The second-order valence-electron chi connectivity index (χ2n) is 7.80. The molecule has 0 aliphatic carbocycles. The fraction of sp³-hybridized carbons (Fsp3) is 0.417. The van der Waals surface area contributed by atoms with E-state index in [0.717, 1.165) is 35.5 Å². The maximum atomic E-state index is 12.4. The number of rotatable bonds is 10. The molecule has 2 N–H and O–H groups in total. The Hall–Kier alpha value is -3.02. The minimum Gasteiger partial charge on any atom is -0.497 e. The van der Waals surface area contributed by atoms with Crippen LogP contribution in [0.4, 0.5) is 0 Å². The average Bonchev–Trinajstić information content (AvgIpc) is 3.14. The van der Waals surface area contributed by atoms with Gasteiger partial charge >= 0.3 is 0 Å². The lowest BCUT2D eigenvalue weighted by molar-refractivity contribution is -0.122. The Bertz CT molecular complexity index is 849. The maximum Gasteiger partial charge on any atom is 0.220 e. The van der Waals surface area contributed by atoms with Crippen molar-refractivity contribution in [3.8, 4) is 11.5 Å². The van der Waals surface area contributed by atoms with Gasteiger partial charge in [0, 0.05) is 24.9 Å². The van der Waals surface area contributed by atoms with Gasteiger partial charge in [0.25, 0.3) is 0 Å². The monoisotopic (exact) mass is 410 g/mol. The smallest absolute Gasteiger partial charge is 0.220 e.